The van der Waals surface area contributed by atoms with Crippen LogP contribution >= 0.6 is 36.6 Å². The first-order valence-electron chi connectivity index (χ1n) is 2.45. The Labute approximate surface area is 70.9 Å². The van der Waals surface area contributed by atoms with Gasteiger partial charge in [-0.1, -0.05) is 11.8 Å². The van der Waals surface area contributed by atoms with Gasteiger partial charge < -0.3 is 4.74 Å². The predicted molar refractivity (Wildman–Crippen MR) is 50.3 cm³/mol. The molecule has 0 bridgehead atoms. The summed E-state index contributed by atoms with van der Waals surface area (Å²) in [6, 6.07) is 0. The van der Waals surface area contributed by atoms with Crippen molar-refractivity contribution in [2.75, 3.05) is 7.11 Å². The highest BCUT2D eigenvalue weighted by atomic mass is 32.2. The maximum absolute atomic E-state index is 4.80. The third-order valence-corrected chi connectivity index (χ3v) is 2.02. The molecule has 0 spiro atoms. The second-order valence-electron chi connectivity index (χ2n) is 2.00. The summed E-state index contributed by atoms with van der Waals surface area (Å²) in [6.07, 6.45) is 0. The molecule has 0 aromatic carbocycles. The zero-order valence-corrected chi connectivity index (χ0v) is 8.20. The van der Waals surface area contributed by atoms with Gasteiger partial charge in [0.25, 0.3) is 0 Å². The Kier molecular flexibility index (Phi) is 3.93. The van der Waals surface area contributed by atoms with E-state index in [0.29, 0.717) is 4.38 Å². The molecule has 0 amide bonds. The van der Waals surface area contributed by atoms with E-state index in [1.165, 1.54) is 11.8 Å². The van der Waals surface area contributed by atoms with Crippen molar-refractivity contribution in [1.82, 2.24) is 0 Å². The topological polar surface area (TPSA) is 9.23 Å². The molecule has 0 unspecified atom stereocenters. The highest BCUT2D eigenvalue weighted by Gasteiger charge is 2.14. The lowest BCUT2D eigenvalue weighted by Crippen LogP contribution is -2.08. The fourth-order valence-electron chi connectivity index (χ4n) is 0.246. The van der Waals surface area contributed by atoms with Gasteiger partial charge in [-0.25, -0.2) is 0 Å². The summed E-state index contributed by atoms with van der Waals surface area (Å²) in [4.78, 5) is 0. The molecular formula is C5H10OS3. The second-order valence-corrected chi connectivity index (χ2v) is 5.65. The Bertz CT molecular complexity index is 105. The van der Waals surface area contributed by atoms with Gasteiger partial charge in [-0.3, -0.25) is 0 Å². The van der Waals surface area contributed by atoms with Gasteiger partial charge in [-0.15, -0.1) is 0 Å². The smallest absolute Gasteiger partial charge is 0.221 e. The fourth-order valence-corrected chi connectivity index (χ4v) is 1.80. The number of hydrogen-bond acceptors (Lipinski definition) is 4. The monoisotopic (exact) mass is 182 g/mol. The minimum Gasteiger partial charge on any atom is -0.482 e. The average Bonchev–Trinajstić information content (AvgIpc) is 1.62. The molecule has 0 radical (unpaired) electrons. The molecule has 54 valence electrons. The predicted octanol–water partition coefficient (Wildman–Crippen LogP) is 2.32. The van der Waals surface area contributed by atoms with Crippen LogP contribution in [0.3, 0.4) is 0 Å². The van der Waals surface area contributed by atoms with Crippen LogP contribution in [0, 0.1) is 0 Å². The Morgan fingerprint density at radius 2 is 2.11 bits per heavy atom. The zero-order valence-electron chi connectivity index (χ0n) is 5.67. The van der Waals surface area contributed by atoms with Gasteiger partial charge in [-0.2, -0.15) is 12.6 Å². The summed E-state index contributed by atoms with van der Waals surface area (Å²) in [5.41, 5.74) is 0. The summed E-state index contributed by atoms with van der Waals surface area (Å²) < 4.78 is 5.18. The molecule has 0 fully saturated rings. The first kappa shape index (κ1) is 9.59. The highest BCUT2D eigenvalue weighted by molar-refractivity contribution is 8.28. The number of thioether (sulfide) groups is 1. The molecule has 0 aliphatic heterocycles. The van der Waals surface area contributed by atoms with Crippen LogP contribution in [-0.2, 0) is 4.74 Å². The van der Waals surface area contributed by atoms with Crippen LogP contribution in [0.4, 0.5) is 0 Å². The molecule has 0 saturated carbocycles. The number of thiocarbonyl (C=S) groups is 1. The SMILES string of the molecule is COC(=S)SC(C)(C)S. The molecule has 0 saturated heterocycles. The largest absolute Gasteiger partial charge is 0.482 e. The Hall–Kier alpha value is 0.590. The van der Waals surface area contributed by atoms with Crippen molar-refractivity contribution in [1.29, 1.82) is 0 Å². The minimum absolute atomic E-state index is 0.132. The van der Waals surface area contributed by atoms with Gasteiger partial charge in [-0.05, 0) is 26.1 Å². The van der Waals surface area contributed by atoms with Gasteiger partial charge in [0.15, 0.2) is 0 Å². The zero-order chi connectivity index (χ0) is 7.49. The van der Waals surface area contributed by atoms with E-state index in [1.54, 1.807) is 7.11 Å². The van der Waals surface area contributed by atoms with Crippen molar-refractivity contribution in [2.24, 2.45) is 0 Å². The number of thiol groups is 1. The van der Waals surface area contributed by atoms with E-state index in [-0.39, 0.29) is 4.08 Å². The molecule has 0 aromatic heterocycles. The van der Waals surface area contributed by atoms with E-state index in [9.17, 15) is 0 Å². The second kappa shape index (κ2) is 3.68. The quantitative estimate of drug-likeness (QED) is 0.379. The summed E-state index contributed by atoms with van der Waals surface area (Å²) in [5.74, 6) is 0. The third kappa shape index (κ3) is 6.48. The maximum atomic E-state index is 4.80. The first-order chi connectivity index (χ1) is 3.95. The van der Waals surface area contributed by atoms with Crippen molar-refractivity contribution >= 4 is 41.0 Å². The van der Waals surface area contributed by atoms with Crippen LogP contribution in [0.5, 0.6) is 0 Å². The molecule has 0 N–H and O–H groups in total. The average molecular weight is 182 g/mol. The summed E-state index contributed by atoms with van der Waals surface area (Å²) in [7, 11) is 1.56. The molecule has 1 nitrogen and oxygen atoms in total. The van der Waals surface area contributed by atoms with E-state index in [0.717, 1.165) is 0 Å². The van der Waals surface area contributed by atoms with E-state index < -0.39 is 0 Å². The van der Waals surface area contributed by atoms with Crippen LogP contribution in [-0.4, -0.2) is 15.6 Å². The van der Waals surface area contributed by atoms with Crippen molar-refractivity contribution in [3.8, 4) is 0 Å². The van der Waals surface area contributed by atoms with Gasteiger partial charge in [0.1, 0.15) is 0 Å². The molecule has 0 aliphatic carbocycles. The van der Waals surface area contributed by atoms with Crippen LogP contribution < -0.4 is 0 Å². The van der Waals surface area contributed by atoms with E-state index in [2.05, 4.69) is 12.6 Å². The van der Waals surface area contributed by atoms with Gasteiger partial charge >= 0.3 is 0 Å². The van der Waals surface area contributed by atoms with Crippen LogP contribution in [0.1, 0.15) is 13.8 Å². The molecule has 9 heavy (non-hydrogen) atoms. The fraction of sp³-hybridized carbons (Fsp3) is 0.800. The van der Waals surface area contributed by atoms with Crippen molar-refractivity contribution in [3.05, 3.63) is 0 Å². The molecule has 4 heteroatoms. The number of ether oxygens (including phenoxy) is 1. The lowest BCUT2D eigenvalue weighted by atomic mass is 10.5. The van der Waals surface area contributed by atoms with E-state index >= 15 is 0 Å². The Morgan fingerprint density at radius 1 is 1.67 bits per heavy atom. The first-order valence-corrected chi connectivity index (χ1v) is 4.12. The van der Waals surface area contributed by atoms with Crippen LogP contribution in [0.25, 0.3) is 0 Å². The Morgan fingerprint density at radius 3 is 2.22 bits per heavy atom. The molecule has 0 atom stereocenters. The molecule has 0 aromatic rings. The van der Waals surface area contributed by atoms with Gasteiger partial charge in [0.05, 0.1) is 11.2 Å². The highest BCUT2D eigenvalue weighted by Crippen LogP contribution is 2.29. The molecule has 0 heterocycles. The van der Waals surface area contributed by atoms with Gasteiger partial charge in [0.2, 0.25) is 4.38 Å². The standard InChI is InChI=1S/C5H10OS3/c1-5(2,8)9-4(7)6-3/h8H,1-3H3. The summed E-state index contributed by atoms with van der Waals surface area (Å²) in [5, 5.41) is 0. The van der Waals surface area contributed by atoms with Crippen molar-refractivity contribution in [2.45, 2.75) is 17.9 Å². The van der Waals surface area contributed by atoms with Gasteiger partial charge in [0, 0.05) is 0 Å². The molecule has 0 rings (SSSR count). The number of methoxy groups -OCH3 is 1. The third-order valence-electron chi connectivity index (χ3n) is 0.500. The minimum atomic E-state index is -0.132. The summed E-state index contributed by atoms with van der Waals surface area (Å²) >= 11 is 10.5. The number of rotatable bonds is 1. The maximum Gasteiger partial charge on any atom is 0.221 e. The van der Waals surface area contributed by atoms with Crippen molar-refractivity contribution in [3.63, 3.8) is 0 Å². The normalized spacial score (nSPS) is 11.1. The molecular weight excluding hydrogens is 172 g/mol. The van der Waals surface area contributed by atoms with E-state index in [1.807, 2.05) is 13.8 Å². The summed E-state index contributed by atoms with van der Waals surface area (Å²) in [6.45, 7) is 3.93. The van der Waals surface area contributed by atoms with Crippen LogP contribution in [0.2, 0.25) is 0 Å². The van der Waals surface area contributed by atoms with E-state index in [4.69, 9.17) is 17.0 Å². The lowest BCUT2D eigenvalue weighted by Gasteiger charge is -2.15. The Balaban J connectivity index is 3.60. The molecule has 0 aliphatic rings. The van der Waals surface area contributed by atoms with Crippen molar-refractivity contribution < 1.29 is 4.74 Å². The van der Waals surface area contributed by atoms with Crippen LogP contribution in [0.15, 0.2) is 0 Å². The lowest BCUT2D eigenvalue weighted by molar-refractivity contribution is 0.426. The number of hydrogen-bond donors (Lipinski definition) is 1.